The summed E-state index contributed by atoms with van der Waals surface area (Å²) in [6.45, 7) is 0.260. The van der Waals surface area contributed by atoms with Gasteiger partial charge in [-0.1, -0.05) is 12.1 Å². The molecule has 164 valence electrons. The molecule has 0 aliphatic carbocycles. The van der Waals surface area contributed by atoms with E-state index >= 15 is 0 Å². The second kappa shape index (κ2) is 8.68. The van der Waals surface area contributed by atoms with Crippen molar-refractivity contribution in [2.45, 2.75) is 25.3 Å². The van der Waals surface area contributed by atoms with E-state index in [0.29, 0.717) is 12.0 Å². The molecule has 9 nitrogen and oxygen atoms in total. The molecule has 1 unspecified atom stereocenters. The Balaban J connectivity index is 1.65. The van der Waals surface area contributed by atoms with Crippen LogP contribution in [0.3, 0.4) is 0 Å². The Labute approximate surface area is 173 Å². The number of carbonyl (C=O) groups is 1. The highest BCUT2D eigenvalue weighted by Gasteiger charge is 2.31. The summed E-state index contributed by atoms with van der Waals surface area (Å²) in [5, 5.41) is 22.0. The second-order valence-corrected chi connectivity index (χ2v) is 6.92. The zero-order valence-electron chi connectivity index (χ0n) is 15.9. The number of benzene rings is 2. The third kappa shape index (κ3) is 5.34. The normalized spacial score (nSPS) is 16.4. The molecule has 0 spiro atoms. The molecule has 2 aromatic carbocycles. The minimum Gasteiger partial charge on any atom is -0.372 e. The number of halogens is 3. The lowest BCUT2D eigenvalue weighted by atomic mass is 10.1. The molecule has 12 heteroatoms. The van der Waals surface area contributed by atoms with E-state index < -0.39 is 45.0 Å². The maximum Gasteiger partial charge on any atom is 0.416 e. The Morgan fingerprint density at radius 3 is 2.32 bits per heavy atom. The molecule has 1 amide bonds. The van der Waals surface area contributed by atoms with Crippen LogP contribution in [0.25, 0.3) is 0 Å². The number of nitro groups is 2. The van der Waals surface area contributed by atoms with Crippen molar-refractivity contribution in [3.8, 4) is 0 Å². The highest BCUT2D eigenvalue weighted by molar-refractivity contribution is 5.95. The molecular weight excluding hydrogens is 423 g/mol. The molecule has 1 heterocycles. The minimum absolute atomic E-state index is 0.0844. The quantitative estimate of drug-likeness (QED) is 0.497. The van der Waals surface area contributed by atoms with Gasteiger partial charge in [-0.3, -0.25) is 25.0 Å². The summed E-state index contributed by atoms with van der Waals surface area (Å²) < 4.78 is 44.0. The molecule has 0 aromatic heterocycles. The van der Waals surface area contributed by atoms with Gasteiger partial charge in [-0.25, -0.2) is 0 Å². The van der Waals surface area contributed by atoms with Crippen LogP contribution in [0.15, 0.2) is 42.5 Å². The lowest BCUT2D eigenvalue weighted by molar-refractivity contribution is -0.394. The lowest BCUT2D eigenvalue weighted by Crippen LogP contribution is -2.30. The fourth-order valence-electron chi connectivity index (χ4n) is 3.21. The average molecular weight is 439 g/mol. The summed E-state index contributed by atoms with van der Waals surface area (Å²) in [4.78, 5) is 34.3. The number of ether oxygens (including phenoxy) is 1. The van der Waals surface area contributed by atoms with Gasteiger partial charge in [0.05, 0.1) is 39.8 Å². The van der Waals surface area contributed by atoms with E-state index in [4.69, 9.17) is 4.74 Å². The first kappa shape index (κ1) is 22.2. The van der Waals surface area contributed by atoms with Crippen molar-refractivity contribution < 1.29 is 32.5 Å². The molecule has 1 fully saturated rings. The van der Waals surface area contributed by atoms with E-state index in [9.17, 15) is 38.2 Å². The van der Waals surface area contributed by atoms with Crippen molar-refractivity contribution in [1.29, 1.82) is 0 Å². The third-order valence-corrected chi connectivity index (χ3v) is 4.74. The first-order valence-corrected chi connectivity index (χ1v) is 9.05. The van der Waals surface area contributed by atoms with Crippen molar-refractivity contribution in [3.63, 3.8) is 0 Å². The highest BCUT2D eigenvalue weighted by atomic mass is 19.4. The van der Waals surface area contributed by atoms with Crippen LogP contribution in [0.4, 0.5) is 24.5 Å². The summed E-state index contributed by atoms with van der Waals surface area (Å²) >= 11 is 0. The fraction of sp³-hybridized carbons (Fsp3) is 0.316. The summed E-state index contributed by atoms with van der Waals surface area (Å²) in [5.41, 5.74) is -1.80. The molecule has 31 heavy (non-hydrogen) atoms. The van der Waals surface area contributed by atoms with Crippen molar-refractivity contribution in [3.05, 3.63) is 79.4 Å². The first-order chi connectivity index (χ1) is 14.5. The number of rotatable bonds is 6. The van der Waals surface area contributed by atoms with Gasteiger partial charge in [0.1, 0.15) is 0 Å². The number of amides is 1. The fourth-order valence-corrected chi connectivity index (χ4v) is 3.21. The van der Waals surface area contributed by atoms with Gasteiger partial charge in [-0.2, -0.15) is 13.2 Å². The van der Waals surface area contributed by atoms with Gasteiger partial charge in [-0.15, -0.1) is 0 Å². The molecule has 1 atom stereocenters. The smallest absolute Gasteiger partial charge is 0.372 e. The number of non-ortho nitro benzene ring substituents is 2. The highest BCUT2D eigenvalue weighted by Crippen LogP contribution is 2.30. The van der Waals surface area contributed by atoms with Gasteiger partial charge in [0, 0.05) is 25.2 Å². The molecule has 1 aliphatic rings. The average Bonchev–Trinajstić information content (AvgIpc) is 3.20. The molecule has 0 radical (unpaired) electrons. The Bertz CT molecular complexity index is 995. The van der Waals surface area contributed by atoms with Crippen LogP contribution in [0.1, 0.15) is 27.9 Å². The number of hydrogen-bond acceptors (Lipinski definition) is 6. The predicted octanol–water partition coefficient (Wildman–Crippen LogP) is 3.95. The largest absolute Gasteiger partial charge is 0.416 e. The predicted molar refractivity (Wildman–Crippen MR) is 100 cm³/mol. The van der Waals surface area contributed by atoms with Crippen LogP contribution in [-0.2, 0) is 17.5 Å². The van der Waals surface area contributed by atoms with Crippen LogP contribution in [0.2, 0.25) is 0 Å². The molecular formula is C19H16F3N3O6. The van der Waals surface area contributed by atoms with Crippen LogP contribution in [0, 0.1) is 20.2 Å². The maximum absolute atomic E-state index is 12.8. The number of likely N-dealkylation sites (tertiary alicyclic amines) is 1. The van der Waals surface area contributed by atoms with Gasteiger partial charge < -0.3 is 9.64 Å². The van der Waals surface area contributed by atoms with E-state index in [1.807, 2.05) is 0 Å². The van der Waals surface area contributed by atoms with Gasteiger partial charge in [0.15, 0.2) is 0 Å². The van der Waals surface area contributed by atoms with Crippen molar-refractivity contribution >= 4 is 17.3 Å². The van der Waals surface area contributed by atoms with Crippen LogP contribution < -0.4 is 0 Å². The second-order valence-electron chi connectivity index (χ2n) is 6.92. The van der Waals surface area contributed by atoms with E-state index in [-0.39, 0.29) is 25.3 Å². The van der Waals surface area contributed by atoms with Crippen LogP contribution in [-0.4, -0.2) is 39.8 Å². The Hall–Kier alpha value is -3.54. The number of nitro benzene ring substituents is 2. The molecule has 1 saturated heterocycles. The Morgan fingerprint density at radius 2 is 1.74 bits per heavy atom. The zero-order chi connectivity index (χ0) is 22.8. The van der Waals surface area contributed by atoms with E-state index in [2.05, 4.69) is 0 Å². The number of carbonyl (C=O) groups excluding carboxylic acids is 1. The molecule has 0 saturated carbocycles. The number of hydrogen-bond donors (Lipinski definition) is 0. The van der Waals surface area contributed by atoms with Crippen LogP contribution >= 0.6 is 0 Å². The van der Waals surface area contributed by atoms with Crippen LogP contribution in [0.5, 0.6) is 0 Å². The standard InChI is InChI=1S/C19H16F3N3O6/c20-19(21,22)14-3-1-2-12(6-14)11-31-17-4-5-23(10-17)18(26)13-7-15(24(27)28)9-16(8-13)25(29)30/h1-3,6-9,17H,4-5,10-11H2. The van der Waals surface area contributed by atoms with Crippen molar-refractivity contribution in [1.82, 2.24) is 4.90 Å². The molecule has 0 N–H and O–H groups in total. The summed E-state index contributed by atoms with van der Waals surface area (Å²) in [6.07, 6.45) is -4.51. The molecule has 3 rings (SSSR count). The van der Waals surface area contributed by atoms with Gasteiger partial charge in [0.25, 0.3) is 17.3 Å². The zero-order valence-corrected chi connectivity index (χ0v) is 15.9. The van der Waals surface area contributed by atoms with Crippen molar-refractivity contribution in [2.24, 2.45) is 0 Å². The summed E-state index contributed by atoms with van der Waals surface area (Å²) in [5.74, 6) is -0.628. The monoisotopic (exact) mass is 439 g/mol. The van der Waals surface area contributed by atoms with E-state index in [1.54, 1.807) is 0 Å². The Morgan fingerprint density at radius 1 is 1.10 bits per heavy atom. The summed E-state index contributed by atoms with van der Waals surface area (Å²) in [6, 6.07) is 7.41. The van der Waals surface area contributed by atoms with Gasteiger partial charge in [0.2, 0.25) is 0 Å². The van der Waals surface area contributed by atoms with E-state index in [0.717, 1.165) is 30.3 Å². The third-order valence-electron chi connectivity index (χ3n) is 4.74. The van der Waals surface area contributed by atoms with Gasteiger partial charge in [-0.05, 0) is 24.1 Å². The van der Waals surface area contributed by atoms with E-state index in [1.165, 1.54) is 17.0 Å². The molecule has 1 aliphatic heterocycles. The maximum atomic E-state index is 12.8. The number of alkyl halides is 3. The van der Waals surface area contributed by atoms with Crippen molar-refractivity contribution in [2.75, 3.05) is 13.1 Å². The lowest BCUT2D eigenvalue weighted by Gasteiger charge is -2.17. The summed E-state index contributed by atoms with van der Waals surface area (Å²) in [7, 11) is 0. The first-order valence-electron chi connectivity index (χ1n) is 9.05. The SMILES string of the molecule is O=C(c1cc([N+](=O)[O-])cc([N+](=O)[O-])c1)N1CCC(OCc2cccc(C(F)(F)F)c2)C1. The minimum atomic E-state index is -4.46. The topological polar surface area (TPSA) is 116 Å². The Kier molecular flexibility index (Phi) is 6.20. The van der Waals surface area contributed by atoms with Gasteiger partial charge >= 0.3 is 6.18 Å². The molecule has 2 aromatic rings. The number of nitrogens with zero attached hydrogens (tertiary/aromatic N) is 3. The molecule has 0 bridgehead atoms.